The van der Waals surface area contributed by atoms with Crippen LogP contribution in [0.1, 0.15) is 89.2 Å². The summed E-state index contributed by atoms with van der Waals surface area (Å²) in [4.78, 5) is 12.5. The molecule has 1 aliphatic carbocycles. The van der Waals surface area contributed by atoms with Crippen molar-refractivity contribution in [1.82, 2.24) is 0 Å². The lowest BCUT2D eigenvalue weighted by molar-refractivity contribution is 0.266. The first kappa shape index (κ1) is 20.0. The third kappa shape index (κ3) is 4.23. The molecule has 1 saturated carbocycles. The van der Waals surface area contributed by atoms with Gasteiger partial charge < -0.3 is 9.15 Å². The molecule has 1 heterocycles. The van der Waals surface area contributed by atoms with Crippen molar-refractivity contribution in [2.45, 2.75) is 89.9 Å². The van der Waals surface area contributed by atoms with E-state index in [0.29, 0.717) is 5.58 Å². The molecule has 3 nitrogen and oxygen atoms in total. The lowest BCUT2D eigenvalue weighted by Crippen LogP contribution is -2.29. The van der Waals surface area contributed by atoms with Crippen molar-refractivity contribution in [2.75, 3.05) is 7.11 Å². The zero-order valence-corrected chi connectivity index (χ0v) is 17.2. The number of hydrogen-bond donors (Lipinski definition) is 0. The molecule has 148 valence electrons. The molecule has 0 bridgehead atoms. The van der Waals surface area contributed by atoms with Crippen LogP contribution in [0, 0.1) is 0 Å². The van der Waals surface area contributed by atoms with Crippen molar-refractivity contribution in [1.29, 1.82) is 0 Å². The summed E-state index contributed by atoms with van der Waals surface area (Å²) in [5.74, 6) is 0.838. The van der Waals surface area contributed by atoms with Crippen LogP contribution in [0.2, 0.25) is 0 Å². The highest BCUT2D eigenvalue weighted by molar-refractivity contribution is 5.85. The smallest absolute Gasteiger partial charge is 0.339 e. The van der Waals surface area contributed by atoms with Gasteiger partial charge in [-0.1, -0.05) is 52.4 Å². The summed E-state index contributed by atoms with van der Waals surface area (Å²) >= 11 is 0. The maximum absolute atomic E-state index is 12.5. The molecule has 0 atom stereocenters. The van der Waals surface area contributed by atoms with Crippen molar-refractivity contribution >= 4 is 11.0 Å². The van der Waals surface area contributed by atoms with Crippen molar-refractivity contribution in [2.24, 2.45) is 0 Å². The largest absolute Gasteiger partial charge is 0.496 e. The molecule has 27 heavy (non-hydrogen) atoms. The first-order valence-corrected chi connectivity index (χ1v) is 10.8. The van der Waals surface area contributed by atoms with Gasteiger partial charge >= 0.3 is 5.63 Å². The van der Waals surface area contributed by atoms with Gasteiger partial charge in [-0.15, -0.1) is 0 Å². The van der Waals surface area contributed by atoms with Gasteiger partial charge in [-0.05, 0) is 61.3 Å². The van der Waals surface area contributed by atoms with Crippen molar-refractivity contribution in [3.8, 4) is 5.75 Å². The van der Waals surface area contributed by atoms with Gasteiger partial charge in [0, 0.05) is 5.56 Å². The second kappa shape index (κ2) is 8.95. The van der Waals surface area contributed by atoms with E-state index >= 15 is 0 Å². The first-order chi connectivity index (χ1) is 13.1. The fourth-order valence-corrected chi connectivity index (χ4v) is 4.67. The third-order valence-electron chi connectivity index (χ3n) is 6.34. The third-order valence-corrected chi connectivity index (χ3v) is 6.34. The molecular weight excluding hydrogens is 336 g/mol. The molecule has 0 saturated heterocycles. The summed E-state index contributed by atoms with van der Waals surface area (Å²) in [7, 11) is 1.72. The van der Waals surface area contributed by atoms with E-state index in [4.69, 9.17) is 9.15 Å². The van der Waals surface area contributed by atoms with E-state index in [1.165, 1.54) is 56.9 Å². The second-order valence-electron chi connectivity index (χ2n) is 8.20. The van der Waals surface area contributed by atoms with E-state index in [9.17, 15) is 4.79 Å². The topological polar surface area (TPSA) is 39.4 Å². The van der Waals surface area contributed by atoms with Gasteiger partial charge in [-0.2, -0.15) is 0 Å². The summed E-state index contributed by atoms with van der Waals surface area (Å²) in [6.45, 7) is 4.39. The van der Waals surface area contributed by atoms with Gasteiger partial charge in [0.1, 0.15) is 11.3 Å². The Hall–Kier alpha value is -1.77. The van der Waals surface area contributed by atoms with Gasteiger partial charge in [0.2, 0.25) is 0 Å². The Kier molecular flexibility index (Phi) is 6.62. The number of methoxy groups -OCH3 is 1. The Morgan fingerprint density at radius 3 is 2.44 bits per heavy atom. The average molecular weight is 371 g/mol. The molecule has 0 spiro atoms. The fraction of sp³-hybridized carbons (Fsp3) is 0.625. The number of unbranched alkanes of at least 4 members (excludes halogenated alkanes) is 2. The molecule has 1 aromatic heterocycles. The molecule has 0 N–H and O–H groups in total. The summed E-state index contributed by atoms with van der Waals surface area (Å²) in [6.07, 6.45) is 12.8. The number of benzene rings is 1. The van der Waals surface area contributed by atoms with Crippen molar-refractivity contribution in [3.05, 3.63) is 39.7 Å². The van der Waals surface area contributed by atoms with Crippen LogP contribution in [0.5, 0.6) is 5.75 Å². The zero-order valence-electron chi connectivity index (χ0n) is 17.2. The Labute approximate surface area is 163 Å². The molecule has 2 aromatic rings. The molecule has 1 aliphatic rings. The molecule has 0 radical (unpaired) electrons. The van der Waals surface area contributed by atoms with E-state index in [-0.39, 0.29) is 11.0 Å². The fourth-order valence-electron chi connectivity index (χ4n) is 4.67. The quantitative estimate of drug-likeness (QED) is 0.495. The van der Waals surface area contributed by atoms with Gasteiger partial charge in [0.25, 0.3) is 0 Å². The zero-order chi connectivity index (χ0) is 19.3. The van der Waals surface area contributed by atoms with Crippen LogP contribution in [-0.2, 0) is 11.8 Å². The SMILES string of the molecule is CCCCc1cc2c(OC)cc(C3(CCCC)CCCCC3)cc2oc1=O. The van der Waals surface area contributed by atoms with Crippen molar-refractivity contribution in [3.63, 3.8) is 0 Å². The first-order valence-electron chi connectivity index (χ1n) is 10.8. The predicted molar refractivity (Wildman–Crippen MR) is 112 cm³/mol. The van der Waals surface area contributed by atoms with Gasteiger partial charge in [-0.25, -0.2) is 4.79 Å². The number of ether oxygens (including phenoxy) is 1. The minimum atomic E-state index is -0.193. The van der Waals surface area contributed by atoms with E-state index < -0.39 is 0 Å². The highest BCUT2D eigenvalue weighted by atomic mass is 16.5. The molecule has 0 amide bonds. The molecular formula is C24H34O3. The Balaban J connectivity index is 2.09. The van der Waals surface area contributed by atoms with Crippen LogP contribution in [0.15, 0.2) is 27.4 Å². The summed E-state index contributed by atoms with van der Waals surface area (Å²) in [5, 5.41) is 0.924. The van der Waals surface area contributed by atoms with Crippen LogP contribution in [-0.4, -0.2) is 7.11 Å². The Morgan fingerprint density at radius 1 is 1.04 bits per heavy atom. The Morgan fingerprint density at radius 2 is 1.78 bits per heavy atom. The molecule has 0 unspecified atom stereocenters. The van der Waals surface area contributed by atoms with Crippen LogP contribution in [0.4, 0.5) is 0 Å². The van der Waals surface area contributed by atoms with Gasteiger partial charge in [-0.3, -0.25) is 0 Å². The van der Waals surface area contributed by atoms with E-state index in [1.807, 2.05) is 6.07 Å². The van der Waals surface area contributed by atoms with E-state index in [1.54, 1.807) is 7.11 Å². The van der Waals surface area contributed by atoms with Crippen LogP contribution < -0.4 is 10.4 Å². The minimum Gasteiger partial charge on any atom is -0.496 e. The number of rotatable bonds is 8. The second-order valence-corrected chi connectivity index (χ2v) is 8.20. The lowest BCUT2D eigenvalue weighted by atomic mass is 9.66. The molecule has 3 heteroatoms. The molecule has 0 aliphatic heterocycles. The number of hydrogen-bond acceptors (Lipinski definition) is 3. The normalized spacial score (nSPS) is 16.6. The monoisotopic (exact) mass is 370 g/mol. The lowest BCUT2D eigenvalue weighted by Gasteiger charge is -2.38. The Bertz CT molecular complexity index is 812. The highest BCUT2D eigenvalue weighted by Crippen LogP contribution is 2.45. The summed E-state index contributed by atoms with van der Waals surface area (Å²) in [6, 6.07) is 6.33. The predicted octanol–water partition coefficient (Wildman–Crippen LogP) is 6.54. The highest BCUT2D eigenvalue weighted by Gasteiger charge is 2.34. The number of fused-ring (bicyclic) bond motifs is 1. The van der Waals surface area contributed by atoms with Crippen LogP contribution in [0.3, 0.4) is 0 Å². The average Bonchev–Trinajstić information content (AvgIpc) is 2.70. The minimum absolute atomic E-state index is 0.193. The van der Waals surface area contributed by atoms with Gasteiger partial charge in [0.15, 0.2) is 0 Å². The molecule has 3 rings (SSSR count). The summed E-state index contributed by atoms with van der Waals surface area (Å²) < 4.78 is 11.5. The van der Waals surface area contributed by atoms with Gasteiger partial charge in [0.05, 0.1) is 12.5 Å². The number of aryl methyl sites for hydroxylation is 1. The summed E-state index contributed by atoms with van der Waals surface area (Å²) in [5.41, 5.74) is 2.74. The van der Waals surface area contributed by atoms with E-state index in [2.05, 4.69) is 26.0 Å². The maximum Gasteiger partial charge on any atom is 0.339 e. The molecule has 1 aromatic carbocycles. The molecule has 1 fully saturated rings. The van der Waals surface area contributed by atoms with Crippen LogP contribution in [0.25, 0.3) is 11.0 Å². The van der Waals surface area contributed by atoms with Crippen LogP contribution >= 0.6 is 0 Å². The maximum atomic E-state index is 12.5. The standard InChI is InChI=1S/C24H34O3/c1-4-6-11-18-15-20-21(26-3)16-19(17-22(20)27-23(18)25)24(12-7-5-2)13-9-8-10-14-24/h15-17H,4-14H2,1-3H3. The van der Waals surface area contributed by atoms with Crippen molar-refractivity contribution < 1.29 is 9.15 Å². The van der Waals surface area contributed by atoms with E-state index in [0.717, 1.165) is 36.0 Å².